The van der Waals surface area contributed by atoms with Crippen LogP contribution in [-0.4, -0.2) is 9.78 Å². The number of H-pyrrole nitrogens is 1. The van der Waals surface area contributed by atoms with Crippen LogP contribution in [0.15, 0.2) is 29.1 Å². The van der Waals surface area contributed by atoms with Crippen molar-refractivity contribution in [2.75, 3.05) is 0 Å². The summed E-state index contributed by atoms with van der Waals surface area (Å²) in [7, 11) is 0. The first-order chi connectivity index (χ1) is 9.17. The standard InChI is InChI=1S/C16H22N2O/c1-4-6-14-15(13-9-7-12(3)8-10-13)16(19)18(17-14)11-5-2/h7-10,17H,4-6,11H2,1-3H3. The summed E-state index contributed by atoms with van der Waals surface area (Å²) in [6, 6.07) is 8.19. The van der Waals surface area contributed by atoms with E-state index < -0.39 is 0 Å². The highest BCUT2D eigenvalue weighted by molar-refractivity contribution is 5.65. The van der Waals surface area contributed by atoms with E-state index in [1.165, 1.54) is 5.56 Å². The molecule has 2 aromatic rings. The van der Waals surface area contributed by atoms with E-state index in [1.807, 2.05) is 12.1 Å². The Morgan fingerprint density at radius 3 is 2.37 bits per heavy atom. The molecule has 0 radical (unpaired) electrons. The summed E-state index contributed by atoms with van der Waals surface area (Å²) in [4.78, 5) is 12.5. The number of aromatic nitrogens is 2. The summed E-state index contributed by atoms with van der Waals surface area (Å²) in [5.41, 5.74) is 4.24. The number of nitrogens with zero attached hydrogens (tertiary/aromatic N) is 1. The Hall–Kier alpha value is -1.77. The molecule has 0 aliphatic rings. The molecule has 0 fully saturated rings. The zero-order valence-electron chi connectivity index (χ0n) is 12.0. The van der Waals surface area contributed by atoms with E-state index in [-0.39, 0.29) is 5.56 Å². The van der Waals surface area contributed by atoms with Gasteiger partial charge in [0, 0.05) is 12.2 Å². The minimum atomic E-state index is 0.106. The normalized spacial score (nSPS) is 10.9. The van der Waals surface area contributed by atoms with Crippen molar-refractivity contribution in [3.8, 4) is 11.1 Å². The Morgan fingerprint density at radius 1 is 1.11 bits per heavy atom. The van der Waals surface area contributed by atoms with Gasteiger partial charge in [0.15, 0.2) is 0 Å². The average Bonchev–Trinajstić information content (AvgIpc) is 2.69. The minimum Gasteiger partial charge on any atom is -0.299 e. The zero-order valence-corrected chi connectivity index (χ0v) is 12.0. The fraction of sp³-hybridized carbons (Fsp3) is 0.438. The van der Waals surface area contributed by atoms with Crippen molar-refractivity contribution in [1.29, 1.82) is 0 Å². The van der Waals surface area contributed by atoms with Gasteiger partial charge >= 0.3 is 0 Å². The summed E-state index contributed by atoms with van der Waals surface area (Å²) in [5.74, 6) is 0. The highest BCUT2D eigenvalue weighted by Crippen LogP contribution is 2.21. The van der Waals surface area contributed by atoms with Gasteiger partial charge in [0.25, 0.3) is 5.56 Å². The molecular weight excluding hydrogens is 236 g/mol. The Balaban J connectivity index is 2.53. The van der Waals surface area contributed by atoms with Crippen molar-refractivity contribution in [2.24, 2.45) is 0 Å². The van der Waals surface area contributed by atoms with E-state index in [2.05, 4.69) is 38.0 Å². The topological polar surface area (TPSA) is 37.8 Å². The zero-order chi connectivity index (χ0) is 13.8. The molecule has 3 nitrogen and oxygen atoms in total. The van der Waals surface area contributed by atoms with Crippen LogP contribution in [0.5, 0.6) is 0 Å². The van der Waals surface area contributed by atoms with E-state index in [0.717, 1.165) is 42.6 Å². The number of aryl methyl sites for hydroxylation is 3. The lowest BCUT2D eigenvalue weighted by atomic mass is 10.0. The van der Waals surface area contributed by atoms with Gasteiger partial charge in [-0.05, 0) is 25.3 Å². The number of rotatable bonds is 5. The first-order valence-electron chi connectivity index (χ1n) is 7.06. The molecule has 0 saturated carbocycles. The third kappa shape index (κ3) is 2.80. The molecule has 0 amide bonds. The maximum absolute atomic E-state index is 12.5. The Bertz CT molecular complexity index is 590. The van der Waals surface area contributed by atoms with E-state index in [1.54, 1.807) is 4.68 Å². The highest BCUT2D eigenvalue weighted by atomic mass is 16.1. The second-order valence-electron chi connectivity index (χ2n) is 5.04. The number of aromatic amines is 1. The van der Waals surface area contributed by atoms with Gasteiger partial charge in [0.05, 0.1) is 5.56 Å². The maximum Gasteiger partial charge on any atom is 0.274 e. The van der Waals surface area contributed by atoms with Crippen molar-refractivity contribution >= 4 is 0 Å². The van der Waals surface area contributed by atoms with Crippen LogP contribution in [0.1, 0.15) is 37.9 Å². The van der Waals surface area contributed by atoms with Gasteiger partial charge in [0.1, 0.15) is 0 Å². The van der Waals surface area contributed by atoms with Crippen LogP contribution in [0.25, 0.3) is 11.1 Å². The quantitative estimate of drug-likeness (QED) is 0.875. The van der Waals surface area contributed by atoms with E-state index in [0.29, 0.717) is 0 Å². The van der Waals surface area contributed by atoms with Gasteiger partial charge in [-0.15, -0.1) is 0 Å². The molecule has 0 spiro atoms. The van der Waals surface area contributed by atoms with E-state index >= 15 is 0 Å². The van der Waals surface area contributed by atoms with Gasteiger partial charge in [-0.1, -0.05) is 50.1 Å². The van der Waals surface area contributed by atoms with Crippen LogP contribution in [0, 0.1) is 6.92 Å². The predicted octanol–water partition coefficient (Wildman–Crippen LogP) is 3.51. The first kappa shape index (κ1) is 13.7. The monoisotopic (exact) mass is 258 g/mol. The van der Waals surface area contributed by atoms with Crippen LogP contribution in [0.2, 0.25) is 0 Å². The van der Waals surface area contributed by atoms with Crippen molar-refractivity contribution < 1.29 is 0 Å². The lowest BCUT2D eigenvalue weighted by Crippen LogP contribution is -2.17. The third-order valence-electron chi connectivity index (χ3n) is 3.32. The van der Waals surface area contributed by atoms with Crippen molar-refractivity contribution in [3.63, 3.8) is 0 Å². The van der Waals surface area contributed by atoms with Crippen molar-refractivity contribution in [3.05, 3.63) is 45.9 Å². The van der Waals surface area contributed by atoms with Crippen LogP contribution < -0.4 is 5.56 Å². The fourth-order valence-corrected chi connectivity index (χ4v) is 2.36. The molecule has 0 saturated heterocycles. The number of hydrogen-bond donors (Lipinski definition) is 1. The number of hydrogen-bond acceptors (Lipinski definition) is 1. The van der Waals surface area contributed by atoms with Gasteiger partial charge in [0.2, 0.25) is 0 Å². The van der Waals surface area contributed by atoms with E-state index in [9.17, 15) is 4.79 Å². The third-order valence-corrected chi connectivity index (χ3v) is 3.32. The lowest BCUT2D eigenvalue weighted by molar-refractivity contribution is 0.577. The van der Waals surface area contributed by atoms with Gasteiger partial charge in [-0.25, -0.2) is 0 Å². The minimum absolute atomic E-state index is 0.106. The molecule has 2 rings (SSSR count). The summed E-state index contributed by atoms with van der Waals surface area (Å²) in [6.45, 7) is 7.03. The van der Waals surface area contributed by atoms with Gasteiger partial charge in [-0.2, -0.15) is 0 Å². The molecule has 0 aliphatic heterocycles. The molecule has 0 atom stereocenters. The molecule has 1 aromatic carbocycles. The fourth-order valence-electron chi connectivity index (χ4n) is 2.36. The molecule has 0 aliphatic carbocycles. The molecular formula is C16H22N2O. The van der Waals surface area contributed by atoms with Crippen LogP contribution >= 0.6 is 0 Å². The molecule has 3 heteroatoms. The Morgan fingerprint density at radius 2 is 1.79 bits per heavy atom. The Kier molecular flexibility index (Phi) is 4.25. The highest BCUT2D eigenvalue weighted by Gasteiger charge is 2.14. The van der Waals surface area contributed by atoms with E-state index in [4.69, 9.17) is 0 Å². The van der Waals surface area contributed by atoms with Crippen LogP contribution in [0.3, 0.4) is 0 Å². The number of benzene rings is 1. The summed E-state index contributed by atoms with van der Waals surface area (Å²) < 4.78 is 1.74. The largest absolute Gasteiger partial charge is 0.299 e. The maximum atomic E-state index is 12.5. The van der Waals surface area contributed by atoms with Crippen molar-refractivity contribution in [1.82, 2.24) is 9.78 Å². The summed E-state index contributed by atoms with van der Waals surface area (Å²) in [5, 5.41) is 3.27. The van der Waals surface area contributed by atoms with Crippen LogP contribution in [0.4, 0.5) is 0 Å². The second kappa shape index (κ2) is 5.91. The molecule has 19 heavy (non-hydrogen) atoms. The molecule has 0 bridgehead atoms. The molecule has 1 N–H and O–H groups in total. The molecule has 1 aromatic heterocycles. The molecule has 102 valence electrons. The average molecular weight is 258 g/mol. The van der Waals surface area contributed by atoms with Gasteiger partial charge in [-0.3, -0.25) is 14.6 Å². The van der Waals surface area contributed by atoms with Gasteiger partial charge < -0.3 is 0 Å². The SMILES string of the molecule is CCCc1[nH]n(CCC)c(=O)c1-c1ccc(C)cc1. The Labute approximate surface area is 114 Å². The second-order valence-corrected chi connectivity index (χ2v) is 5.04. The number of nitrogens with one attached hydrogen (secondary N) is 1. The first-order valence-corrected chi connectivity index (χ1v) is 7.06. The summed E-state index contributed by atoms with van der Waals surface area (Å²) >= 11 is 0. The summed E-state index contributed by atoms with van der Waals surface area (Å²) in [6.07, 6.45) is 2.90. The lowest BCUT2D eigenvalue weighted by Gasteiger charge is -2.01. The smallest absolute Gasteiger partial charge is 0.274 e. The predicted molar refractivity (Wildman–Crippen MR) is 79.5 cm³/mol. The van der Waals surface area contributed by atoms with Crippen LogP contribution in [-0.2, 0) is 13.0 Å². The van der Waals surface area contributed by atoms with Crippen molar-refractivity contribution in [2.45, 2.75) is 46.6 Å². The molecule has 0 unspecified atom stereocenters. The molecule has 1 heterocycles.